The van der Waals surface area contributed by atoms with E-state index in [1.807, 2.05) is 48.5 Å². The summed E-state index contributed by atoms with van der Waals surface area (Å²) < 4.78 is 16.9. The summed E-state index contributed by atoms with van der Waals surface area (Å²) in [6.45, 7) is 1.47. The normalized spacial score (nSPS) is 18.4. The highest BCUT2D eigenvalue weighted by Gasteiger charge is 2.34. The fraction of sp³-hybridized carbons (Fsp3) is 0.176. The van der Waals surface area contributed by atoms with Crippen molar-refractivity contribution in [3.05, 3.63) is 89.7 Å². The summed E-state index contributed by atoms with van der Waals surface area (Å²) in [6, 6.07) is 24.1. The molecule has 0 radical (unpaired) electrons. The molecule has 208 valence electrons. The number of rotatable bonds is 3. The SMILES string of the molecule is Oc1cc(-c2nc(N3CC4CCC(C3)N4)c3cc(Cl)c(-c4cc(O)cc5ccccc45)c(F)c3n2)c2ccccc2c1. The number of aromatic hydroxyl groups is 2. The second-order valence-corrected chi connectivity index (χ2v) is 11.7. The maximum Gasteiger partial charge on any atom is 0.163 e. The Kier molecular flexibility index (Phi) is 5.74. The van der Waals surface area contributed by atoms with E-state index in [4.69, 9.17) is 21.6 Å². The van der Waals surface area contributed by atoms with Gasteiger partial charge in [-0.15, -0.1) is 0 Å². The highest BCUT2D eigenvalue weighted by atomic mass is 35.5. The molecule has 8 rings (SSSR count). The smallest absolute Gasteiger partial charge is 0.163 e. The number of nitrogens with one attached hydrogen (secondary N) is 1. The van der Waals surface area contributed by atoms with E-state index in [-0.39, 0.29) is 27.6 Å². The Hall–Kier alpha value is -4.46. The molecule has 2 atom stereocenters. The van der Waals surface area contributed by atoms with Crippen LogP contribution in [0.3, 0.4) is 0 Å². The van der Waals surface area contributed by atoms with Crippen LogP contribution in [-0.4, -0.2) is 45.4 Å². The van der Waals surface area contributed by atoms with Crippen molar-refractivity contribution in [2.24, 2.45) is 0 Å². The number of phenols is 2. The molecule has 0 spiro atoms. The van der Waals surface area contributed by atoms with Crippen molar-refractivity contribution in [2.75, 3.05) is 18.0 Å². The summed E-state index contributed by atoms with van der Waals surface area (Å²) in [4.78, 5) is 12.1. The zero-order chi connectivity index (χ0) is 28.5. The first-order valence-electron chi connectivity index (χ1n) is 14.1. The van der Waals surface area contributed by atoms with E-state index in [1.165, 1.54) is 6.07 Å². The number of benzene rings is 5. The molecular formula is C34H26ClFN4O2. The van der Waals surface area contributed by atoms with Gasteiger partial charge in [-0.25, -0.2) is 14.4 Å². The third-order valence-electron chi connectivity index (χ3n) is 8.58. The summed E-state index contributed by atoms with van der Waals surface area (Å²) in [6.07, 6.45) is 2.16. The second-order valence-electron chi connectivity index (χ2n) is 11.3. The van der Waals surface area contributed by atoms with Gasteiger partial charge in [-0.1, -0.05) is 60.1 Å². The number of halogens is 2. The summed E-state index contributed by atoms with van der Waals surface area (Å²) in [5, 5.41) is 28.8. The fourth-order valence-corrected chi connectivity index (χ4v) is 7.03. The molecule has 5 aromatic carbocycles. The van der Waals surface area contributed by atoms with Crippen LogP contribution in [0.4, 0.5) is 10.2 Å². The number of hydrogen-bond acceptors (Lipinski definition) is 6. The van der Waals surface area contributed by atoms with Crippen LogP contribution in [-0.2, 0) is 0 Å². The molecule has 0 amide bonds. The Balaban J connectivity index is 1.43. The average Bonchev–Trinajstić information content (AvgIpc) is 3.33. The Morgan fingerprint density at radius 2 is 1.36 bits per heavy atom. The van der Waals surface area contributed by atoms with Gasteiger partial charge in [-0.3, -0.25) is 0 Å². The molecule has 3 N–H and O–H groups in total. The quantitative estimate of drug-likeness (QED) is 0.203. The van der Waals surface area contributed by atoms with Gasteiger partial charge >= 0.3 is 0 Å². The third kappa shape index (κ3) is 4.03. The van der Waals surface area contributed by atoms with Crippen LogP contribution in [0, 0.1) is 5.82 Å². The number of phenolic OH excluding ortho intramolecular Hbond substituents is 2. The van der Waals surface area contributed by atoms with Crippen LogP contribution in [0.25, 0.3) is 55.0 Å². The van der Waals surface area contributed by atoms with Gasteiger partial charge in [-0.05, 0) is 70.3 Å². The molecule has 1 aromatic heterocycles. The van der Waals surface area contributed by atoms with Gasteiger partial charge in [0.15, 0.2) is 11.6 Å². The van der Waals surface area contributed by atoms with Crippen molar-refractivity contribution >= 4 is 49.9 Å². The first kappa shape index (κ1) is 25.3. The monoisotopic (exact) mass is 576 g/mol. The highest BCUT2D eigenvalue weighted by molar-refractivity contribution is 6.35. The number of anilines is 1. The lowest BCUT2D eigenvalue weighted by Crippen LogP contribution is -2.51. The van der Waals surface area contributed by atoms with Crippen molar-refractivity contribution in [3.8, 4) is 34.0 Å². The van der Waals surface area contributed by atoms with Gasteiger partial charge < -0.3 is 20.4 Å². The zero-order valence-corrected chi connectivity index (χ0v) is 23.2. The first-order valence-corrected chi connectivity index (χ1v) is 14.5. The molecule has 0 saturated carbocycles. The molecule has 2 unspecified atom stereocenters. The van der Waals surface area contributed by atoms with E-state index >= 15 is 4.39 Å². The fourth-order valence-electron chi connectivity index (χ4n) is 6.74. The summed E-state index contributed by atoms with van der Waals surface area (Å²) in [5.41, 5.74) is 1.42. The van der Waals surface area contributed by atoms with E-state index in [1.54, 1.807) is 24.3 Å². The molecule has 8 heteroatoms. The largest absolute Gasteiger partial charge is 0.508 e. The molecule has 2 aliphatic heterocycles. The first-order chi connectivity index (χ1) is 20.4. The van der Waals surface area contributed by atoms with Gasteiger partial charge in [0.2, 0.25) is 0 Å². The minimum Gasteiger partial charge on any atom is -0.508 e. The van der Waals surface area contributed by atoms with E-state index in [9.17, 15) is 10.2 Å². The highest BCUT2D eigenvalue weighted by Crippen LogP contribution is 2.43. The number of nitrogens with zero attached hydrogens (tertiary/aromatic N) is 3. The molecule has 6 nitrogen and oxygen atoms in total. The minimum atomic E-state index is -0.583. The van der Waals surface area contributed by atoms with Crippen molar-refractivity contribution in [2.45, 2.75) is 24.9 Å². The number of piperazine rings is 1. The Morgan fingerprint density at radius 1 is 0.762 bits per heavy atom. The van der Waals surface area contributed by atoms with Crippen LogP contribution in [0.5, 0.6) is 11.5 Å². The topological polar surface area (TPSA) is 81.5 Å². The Bertz CT molecular complexity index is 2050. The molecule has 2 fully saturated rings. The van der Waals surface area contributed by atoms with Crippen LogP contribution >= 0.6 is 11.6 Å². The summed E-state index contributed by atoms with van der Waals surface area (Å²) in [7, 11) is 0. The van der Waals surface area contributed by atoms with Crippen molar-refractivity contribution < 1.29 is 14.6 Å². The number of aromatic nitrogens is 2. The predicted octanol–water partition coefficient (Wildman–Crippen LogP) is 7.41. The lowest BCUT2D eigenvalue weighted by Gasteiger charge is -2.34. The molecule has 2 saturated heterocycles. The van der Waals surface area contributed by atoms with Crippen LogP contribution in [0.1, 0.15) is 12.8 Å². The van der Waals surface area contributed by atoms with Crippen molar-refractivity contribution in [1.29, 1.82) is 0 Å². The average molecular weight is 577 g/mol. The van der Waals surface area contributed by atoms with Gasteiger partial charge in [-0.2, -0.15) is 0 Å². The van der Waals surface area contributed by atoms with Crippen molar-refractivity contribution in [3.63, 3.8) is 0 Å². The molecule has 6 aromatic rings. The molecule has 42 heavy (non-hydrogen) atoms. The van der Waals surface area contributed by atoms with Gasteiger partial charge in [0.25, 0.3) is 0 Å². The number of fused-ring (bicyclic) bond motifs is 5. The molecule has 2 bridgehead atoms. The van der Waals surface area contributed by atoms with Crippen LogP contribution in [0.2, 0.25) is 5.02 Å². The van der Waals surface area contributed by atoms with Gasteiger partial charge in [0, 0.05) is 41.7 Å². The van der Waals surface area contributed by atoms with Crippen LogP contribution < -0.4 is 10.2 Å². The van der Waals surface area contributed by atoms with E-state index in [0.717, 1.165) is 47.5 Å². The summed E-state index contributed by atoms with van der Waals surface area (Å²) >= 11 is 6.89. The lowest BCUT2D eigenvalue weighted by molar-refractivity contribution is 0.464. The van der Waals surface area contributed by atoms with Crippen molar-refractivity contribution in [1.82, 2.24) is 15.3 Å². The maximum atomic E-state index is 16.9. The Morgan fingerprint density at radius 3 is 2.02 bits per heavy atom. The standard InChI is InChI=1S/C34H26ClFN4O2/c35-29-15-28-32(31(36)30(29)26-13-22(41)11-18-5-1-3-7-24(18)26)38-33(27-14-23(42)12-19-6-2-4-8-25(19)27)39-34(28)40-16-20-9-10-21(17-40)37-20/h1-8,11-15,20-21,37,41-42H,9-10,16-17H2. The van der Waals surface area contributed by atoms with E-state index < -0.39 is 5.82 Å². The molecule has 3 heterocycles. The minimum absolute atomic E-state index is 0.0193. The summed E-state index contributed by atoms with van der Waals surface area (Å²) in [5.74, 6) is 0.460. The third-order valence-corrected chi connectivity index (χ3v) is 8.88. The predicted molar refractivity (Wildman–Crippen MR) is 166 cm³/mol. The molecule has 2 aliphatic rings. The Labute approximate surface area is 246 Å². The van der Waals surface area contributed by atoms with E-state index in [2.05, 4.69) is 10.2 Å². The zero-order valence-electron chi connectivity index (χ0n) is 22.5. The van der Waals surface area contributed by atoms with E-state index in [0.29, 0.717) is 40.2 Å². The maximum absolute atomic E-state index is 16.9. The van der Waals surface area contributed by atoms with Crippen LogP contribution in [0.15, 0.2) is 78.9 Å². The lowest BCUT2D eigenvalue weighted by atomic mass is 9.96. The number of hydrogen-bond donors (Lipinski definition) is 3. The molecular weight excluding hydrogens is 551 g/mol. The molecule has 0 aliphatic carbocycles. The van der Waals surface area contributed by atoms with Gasteiger partial charge in [0.1, 0.15) is 22.8 Å². The van der Waals surface area contributed by atoms with Gasteiger partial charge in [0.05, 0.1) is 5.02 Å². The second kappa shape index (κ2) is 9.54.